The SMILES string of the molecule is c1ccc(Nc2nc(SCc3ccncc3)n[nH]2)cc1. The number of hydrogen-bond acceptors (Lipinski definition) is 5. The number of para-hydroxylation sites is 1. The van der Waals surface area contributed by atoms with Crippen molar-refractivity contribution >= 4 is 23.4 Å². The van der Waals surface area contributed by atoms with Gasteiger partial charge in [-0.25, -0.2) is 5.10 Å². The van der Waals surface area contributed by atoms with Crippen molar-refractivity contribution in [3.05, 3.63) is 60.4 Å². The van der Waals surface area contributed by atoms with Gasteiger partial charge in [0.1, 0.15) is 0 Å². The average molecular weight is 283 g/mol. The van der Waals surface area contributed by atoms with Crippen LogP contribution in [0.15, 0.2) is 60.0 Å². The monoisotopic (exact) mass is 283 g/mol. The van der Waals surface area contributed by atoms with Crippen LogP contribution in [-0.2, 0) is 5.75 Å². The molecule has 2 aromatic heterocycles. The molecule has 5 nitrogen and oxygen atoms in total. The van der Waals surface area contributed by atoms with Gasteiger partial charge in [0, 0.05) is 23.8 Å². The van der Waals surface area contributed by atoms with E-state index in [2.05, 4.69) is 25.5 Å². The van der Waals surface area contributed by atoms with Crippen LogP contribution in [0.5, 0.6) is 0 Å². The molecular formula is C14H13N5S. The first-order valence-electron chi connectivity index (χ1n) is 6.16. The highest BCUT2D eigenvalue weighted by atomic mass is 32.2. The number of anilines is 2. The summed E-state index contributed by atoms with van der Waals surface area (Å²) in [4.78, 5) is 8.38. The number of nitrogens with one attached hydrogen (secondary N) is 2. The van der Waals surface area contributed by atoms with E-state index in [1.807, 2.05) is 42.5 Å². The Bertz CT molecular complexity index is 654. The molecule has 3 rings (SSSR count). The van der Waals surface area contributed by atoms with E-state index in [1.54, 1.807) is 24.2 Å². The number of aromatic nitrogens is 4. The number of benzene rings is 1. The molecule has 0 atom stereocenters. The molecule has 0 spiro atoms. The predicted molar refractivity (Wildman–Crippen MR) is 79.9 cm³/mol. The molecule has 1 aromatic carbocycles. The summed E-state index contributed by atoms with van der Waals surface area (Å²) >= 11 is 1.58. The maximum atomic E-state index is 4.39. The Hall–Kier alpha value is -2.34. The van der Waals surface area contributed by atoms with Gasteiger partial charge in [0.15, 0.2) is 0 Å². The molecule has 2 N–H and O–H groups in total. The first-order chi connectivity index (χ1) is 9.90. The van der Waals surface area contributed by atoms with Crippen LogP contribution in [0, 0.1) is 0 Å². The highest BCUT2D eigenvalue weighted by Crippen LogP contribution is 2.20. The topological polar surface area (TPSA) is 66.5 Å². The van der Waals surface area contributed by atoms with E-state index >= 15 is 0 Å². The van der Waals surface area contributed by atoms with Crippen LogP contribution < -0.4 is 5.32 Å². The van der Waals surface area contributed by atoms with Gasteiger partial charge in [-0.2, -0.15) is 4.98 Å². The fourth-order valence-corrected chi connectivity index (χ4v) is 2.41. The van der Waals surface area contributed by atoms with Crippen molar-refractivity contribution in [3.8, 4) is 0 Å². The highest BCUT2D eigenvalue weighted by molar-refractivity contribution is 7.98. The van der Waals surface area contributed by atoms with E-state index < -0.39 is 0 Å². The molecule has 0 aliphatic heterocycles. The summed E-state index contributed by atoms with van der Waals surface area (Å²) in [5, 5.41) is 11.0. The van der Waals surface area contributed by atoms with E-state index in [9.17, 15) is 0 Å². The van der Waals surface area contributed by atoms with Gasteiger partial charge in [-0.05, 0) is 29.8 Å². The Kier molecular flexibility index (Phi) is 3.93. The van der Waals surface area contributed by atoms with Crippen molar-refractivity contribution in [2.45, 2.75) is 10.9 Å². The lowest BCUT2D eigenvalue weighted by Gasteiger charge is -2.00. The third-order valence-corrected chi connectivity index (χ3v) is 3.54. The maximum absolute atomic E-state index is 4.39. The average Bonchev–Trinajstić information content (AvgIpc) is 2.95. The molecule has 0 unspecified atom stereocenters. The second-order valence-electron chi connectivity index (χ2n) is 4.10. The third-order valence-electron chi connectivity index (χ3n) is 2.62. The minimum absolute atomic E-state index is 0.647. The van der Waals surface area contributed by atoms with Gasteiger partial charge < -0.3 is 5.32 Å². The molecule has 100 valence electrons. The molecule has 6 heteroatoms. The van der Waals surface area contributed by atoms with E-state index in [0.29, 0.717) is 5.95 Å². The summed E-state index contributed by atoms with van der Waals surface area (Å²) in [5.41, 5.74) is 2.18. The van der Waals surface area contributed by atoms with Crippen LogP contribution in [-0.4, -0.2) is 20.2 Å². The van der Waals surface area contributed by atoms with E-state index in [-0.39, 0.29) is 0 Å². The summed E-state index contributed by atoms with van der Waals surface area (Å²) in [5.74, 6) is 1.47. The molecule has 0 aliphatic rings. The second kappa shape index (κ2) is 6.21. The summed E-state index contributed by atoms with van der Waals surface area (Å²) in [6, 6.07) is 13.8. The zero-order valence-electron chi connectivity index (χ0n) is 10.7. The van der Waals surface area contributed by atoms with Crippen molar-refractivity contribution in [2.24, 2.45) is 0 Å². The molecular weight excluding hydrogens is 270 g/mol. The molecule has 0 amide bonds. The Morgan fingerprint density at radius 1 is 1.05 bits per heavy atom. The molecule has 0 saturated heterocycles. The lowest BCUT2D eigenvalue weighted by Crippen LogP contribution is -1.91. The fraction of sp³-hybridized carbons (Fsp3) is 0.0714. The van der Waals surface area contributed by atoms with Gasteiger partial charge in [-0.15, -0.1) is 5.10 Å². The third kappa shape index (κ3) is 3.36. The van der Waals surface area contributed by atoms with Crippen LogP contribution in [0.1, 0.15) is 5.56 Å². The number of rotatable bonds is 5. The van der Waals surface area contributed by atoms with Crippen LogP contribution >= 0.6 is 11.8 Å². The highest BCUT2D eigenvalue weighted by Gasteiger charge is 2.04. The molecule has 0 saturated carbocycles. The van der Waals surface area contributed by atoms with Crippen LogP contribution in [0.25, 0.3) is 0 Å². The zero-order chi connectivity index (χ0) is 13.6. The summed E-state index contributed by atoms with van der Waals surface area (Å²) in [6.07, 6.45) is 3.58. The number of thioether (sulfide) groups is 1. The Balaban J connectivity index is 1.60. The van der Waals surface area contributed by atoms with E-state index in [0.717, 1.165) is 16.6 Å². The van der Waals surface area contributed by atoms with Crippen LogP contribution in [0.2, 0.25) is 0 Å². The van der Waals surface area contributed by atoms with E-state index in [1.165, 1.54) is 5.56 Å². The van der Waals surface area contributed by atoms with Crippen molar-refractivity contribution in [3.63, 3.8) is 0 Å². The summed E-state index contributed by atoms with van der Waals surface area (Å²) in [7, 11) is 0. The first-order valence-corrected chi connectivity index (χ1v) is 7.15. The Labute approximate surface area is 120 Å². The molecule has 20 heavy (non-hydrogen) atoms. The zero-order valence-corrected chi connectivity index (χ0v) is 11.5. The molecule has 3 aromatic rings. The summed E-state index contributed by atoms with van der Waals surface area (Å²) < 4.78 is 0. The fourth-order valence-electron chi connectivity index (χ4n) is 1.65. The standard InChI is InChI=1S/C14H13N5S/c1-2-4-12(5-3-1)16-13-17-14(19-18-13)20-10-11-6-8-15-9-7-11/h1-9H,10H2,(H2,16,17,18,19). The number of pyridine rings is 1. The van der Waals surface area contributed by atoms with Crippen molar-refractivity contribution < 1.29 is 0 Å². The van der Waals surface area contributed by atoms with Crippen LogP contribution in [0.3, 0.4) is 0 Å². The summed E-state index contributed by atoms with van der Waals surface area (Å²) in [6.45, 7) is 0. The van der Waals surface area contributed by atoms with Gasteiger partial charge in [0.05, 0.1) is 0 Å². The lowest BCUT2D eigenvalue weighted by molar-refractivity contribution is 0.973. The first kappa shape index (κ1) is 12.7. The van der Waals surface area contributed by atoms with Gasteiger partial charge in [0.25, 0.3) is 0 Å². The number of H-pyrrole nitrogens is 1. The number of nitrogens with zero attached hydrogens (tertiary/aromatic N) is 3. The molecule has 0 aliphatic carbocycles. The molecule has 2 heterocycles. The van der Waals surface area contributed by atoms with Crippen LogP contribution in [0.4, 0.5) is 11.6 Å². The number of aromatic amines is 1. The minimum atomic E-state index is 0.647. The van der Waals surface area contributed by atoms with E-state index in [4.69, 9.17) is 0 Å². The maximum Gasteiger partial charge on any atom is 0.223 e. The molecule has 0 fully saturated rings. The second-order valence-corrected chi connectivity index (χ2v) is 5.04. The van der Waals surface area contributed by atoms with Crippen molar-refractivity contribution in [1.29, 1.82) is 0 Å². The van der Waals surface area contributed by atoms with Gasteiger partial charge >= 0.3 is 0 Å². The van der Waals surface area contributed by atoms with Crippen molar-refractivity contribution in [1.82, 2.24) is 20.2 Å². The largest absolute Gasteiger partial charge is 0.325 e. The smallest absolute Gasteiger partial charge is 0.223 e. The number of hydrogen-bond donors (Lipinski definition) is 2. The molecule has 0 radical (unpaired) electrons. The quantitative estimate of drug-likeness (QED) is 0.704. The predicted octanol–water partition coefficient (Wildman–Crippen LogP) is 3.24. The van der Waals surface area contributed by atoms with Crippen molar-refractivity contribution in [2.75, 3.05) is 5.32 Å². The normalized spacial score (nSPS) is 10.4. The molecule has 0 bridgehead atoms. The van der Waals surface area contributed by atoms with Gasteiger partial charge in [-0.3, -0.25) is 4.98 Å². The Morgan fingerprint density at radius 3 is 2.65 bits per heavy atom. The lowest BCUT2D eigenvalue weighted by atomic mass is 10.3. The Morgan fingerprint density at radius 2 is 1.85 bits per heavy atom. The minimum Gasteiger partial charge on any atom is -0.325 e. The van der Waals surface area contributed by atoms with Gasteiger partial charge in [0.2, 0.25) is 11.1 Å². The van der Waals surface area contributed by atoms with Gasteiger partial charge in [-0.1, -0.05) is 30.0 Å².